The SMILES string of the molecule is CCN1CCC(CCNC(=NC)N2CCC(c3ccc(OC)cc3)C2)CC1. The number of hydrogen-bond donors (Lipinski definition) is 1. The monoisotopic (exact) mass is 372 g/mol. The number of benzene rings is 1. The van der Waals surface area contributed by atoms with Crippen molar-refractivity contribution in [2.24, 2.45) is 10.9 Å². The quantitative estimate of drug-likeness (QED) is 0.615. The molecule has 1 unspecified atom stereocenters. The molecular weight excluding hydrogens is 336 g/mol. The normalized spacial score (nSPS) is 22.3. The Kier molecular flexibility index (Phi) is 7.39. The van der Waals surface area contributed by atoms with E-state index >= 15 is 0 Å². The van der Waals surface area contributed by atoms with Crippen LogP contribution < -0.4 is 10.1 Å². The van der Waals surface area contributed by atoms with Crippen molar-refractivity contribution in [2.45, 2.75) is 38.5 Å². The molecule has 2 saturated heterocycles. The predicted molar refractivity (Wildman–Crippen MR) is 113 cm³/mol. The molecule has 5 nitrogen and oxygen atoms in total. The maximum atomic E-state index is 5.27. The van der Waals surface area contributed by atoms with Crippen LogP contribution in [0.5, 0.6) is 5.75 Å². The fourth-order valence-corrected chi connectivity index (χ4v) is 4.41. The lowest BCUT2D eigenvalue weighted by Crippen LogP contribution is -2.41. The van der Waals surface area contributed by atoms with E-state index in [4.69, 9.17) is 4.74 Å². The Morgan fingerprint density at radius 1 is 1.15 bits per heavy atom. The highest BCUT2D eigenvalue weighted by molar-refractivity contribution is 5.80. The van der Waals surface area contributed by atoms with Crippen molar-refractivity contribution < 1.29 is 4.74 Å². The molecule has 0 bridgehead atoms. The summed E-state index contributed by atoms with van der Waals surface area (Å²) in [7, 11) is 3.62. The summed E-state index contributed by atoms with van der Waals surface area (Å²) in [6.07, 6.45) is 5.13. The maximum Gasteiger partial charge on any atom is 0.193 e. The lowest BCUT2D eigenvalue weighted by Gasteiger charge is -2.31. The number of nitrogens with zero attached hydrogens (tertiary/aromatic N) is 3. The molecule has 0 saturated carbocycles. The molecular formula is C22H36N4O. The first-order valence-corrected chi connectivity index (χ1v) is 10.5. The van der Waals surface area contributed by atoms with Crippen LogP contribution in [0.3, 0.4) is 0 Å². The molecule has 2 heterocycles. The minimum absolute atomic E-state index is 0.577. The zero-order valence-electron chi connectivity index (χ0n) is 17.3. The van der Waals surface area contributed by atoms with E-state index in [-0.39, 0.29) is 0 Å². The maximum absolute atomic E-state index is 5.27. The second-order valence-corrected chi connectivity index (χ2v) is 7.85. The average molecular weight is 373 g/mol. The summed E-state index contributed by atoms with van der Waals surface area (Å²) >= 11 is 0. The summed E-state index contributed by atoms with van der Waals surface area (Å²) < 4.78 is 5.27. The number of hydrogen-bond acceptors (Lipinski definition) is 3. The summed E-state index contributed by atoms with van der Waals surface area (Å²) in [5.41, 5.74) is 1.40. The molecule has 0 spiro atoms. The van der Waals surface area contributed by atoms with Gasteiger partial charge in [0.2, 0.25) is 0 Å². The van der Waals surface area contributed by atoms with E-state index in [1.165, 1.54) is 50.9 Å². The predicted octanol–water partition coefficient (Wildman–Crippen LogP) is 3.18. The minimum atomic E-state index is 0.577. The van der Waals surface area contributed by atoms with Crippen LogP contribution in [0, 0.1) is 5.92 Å². The highest BCUT2D eigenvalue weighted by atomic mass is 16.5. The number of nitrogens with one attached hydrogen (secondary N) is 1. The standard InChI is InChI=1S/C22H36N4O/c1-4-25-14-10-18(11-15-25)9-13-24-22(23-2)26-16-12-20(17-26)19-5-7-21(27-3)8-6-19/h5-8,18,20H,4,9-17H2,1-3H3,(H,23,24). The molecule has 27 heavy (non-hydrogen) atoms. The molecule has 0 aromatic heterocycles. The second kappa shape index (κ2) is 9.98. The van der Waals surface area contributed by atoms with Crippen molar-refractivity contribution in [3.8, 4) is 5.75 Å². The van der Waals surface area contributed by atoms with E-state index in [1.807, 2.05) is 7.05 Å². The van der Waals surface area contributed by atoms with Gasteiger partial charge >= 0.3 is 0 Å². The van der Waals surface area contributed by atoms with Crippen LogP contribution in [0.15, 0.2) is 29.3 Å². The number of ether oxygens (including phenoxy) is 1. The van der Waals surface area contributed by atoms with Gasteiger partial charge in [-0.15, -0.1) is 0 Å². The van der Waals surface area contributed by atoms with Crippen LogP contribution in [-0.2, 0) is 0 Å². The van der Waals surface area contributed by atoms with Crippen molar-refractivity contribution in [1.82, 2.24) is 15.1 Å². The lowest BCUT2D eigenvalue weighted by molar-refractivity contribution is 0.187. The van der Waals surface area contributed by atoms with Crippen LogP contribution in [0.4, 0.5) is 0 Å². The molecule has 1 aromatic rings. The fourth-order valence-electron chi connectivity index (χ4n) is 4.41. The Bertz CT molecular complexity index is 593. The van der Waals surface area contributed by atoms with Crippen molar-refractivity contribution in [2.75, 3.05) is 53.4 Å². The van der Waals surface area contributed by atoms with E-state index in [9.17, 15) is 0 Å². The first-order chi connectivity index (χ1) is 13.2. The summed E-state index contributed by atoms with van der Waals surface area (Å²) in [6.45, 7) is 9.15. The number of guanidine groups is 1. The molecule has 2 fully saturated rings. The number of aliphatic imine (C=N–C) groups is 1. The van der Waals surface area contributed by atoms with Crippen molar-refractivity contribution in [1.29, 1.82) is 0 Å². The van der Waals surface area contributed by atoms with E-state index in [0.717, 1.165) is 37.3 Å². The third-order valence-corrected chi connectivity index (χ3v) is 6.28. The van der Waals surface area contributed by atoms with Gasteiger partial charge in [-0.05, 0) is 68.9 Å². The zero-order chi connectivity index (χ0) is 19.1. The van der Waals surface area contributed by atoms with Crippen LogP contribution in [-0.4, -0.2) is 69.2 Å². The van der Waals surface area contributed by atoms with E-state index in [0.29, 0.717) is 5.92 Å². The van der Waals surface area contributed by atoms with Gasteiger partial charge in [0.25, 0.3) is 0 Å². The zero-order valence-corrected chi connectivity index (χ0v) is 17.3. The van der Waals surface area contributed by atoms with Gasteiger partial charge in [-0.2, -0.15) is 0 Å². The van der Waals surface area contributed by atoms with Crippen molar-refractivity contribution in [3.63, 3.8) is 0 Å². The lowest BCUT2D eigenvalue weighted by atomic mass is 9.93. The highest BCUT2D eigenvalue weighted by Gasteiger charge is 2.26. The summed E-state index contributed by atoms with van der Waals surface area (Å²) in [5, 5.41) is 3.62. The van der Waals surface area contributed by atoms with E-state index in [1.54, 1.807) is 7.11 Å². The van der Waals surface area contributed by atoms with Gasteiger partial charge in [-0.3, -0.25) is 4.99 Å². The summed E-state index contributed by atoms with van der Waals surface area (Å²) in [6, 6.07) is 8.53. The first-order valence-electron chi connectivity index (χ1n) is 10.5. The summed E-state index contributed by atoms with van der Waals surface area (Å²) in [4.78, 5) is 9.51. The Balaban J connectivity index is 1.43. The number of rotatable bonds is 6. The van der Waals surface area contributed by atoms with Crippen LogP contribution in [0.25, 0.3) is 0 Å². The van der Waals surface area contributed by atoms with Gasteiger partial charge in [0.05, 0.1) is 7.11 Å². The smallest absolute Gasteiger partial charge is 0.193 e. The van der Waals surface area contributed by atoms with E-state index < -0.39 is 0 Å². The average Bonchev–Trinajstić information content (AvgIpc) is 3.21. The van der Waals surface area contributed by atoms with Crippen LogP contribution >= 0.6 is 0 Å². The second-order valence-electron chi connectivity index (χ2n) is 7.85. The largest absolute Gasteiger partial charge is 0.497 e. The van der Waals surface area contributed by atoms with E-state index in [2.05, 4.69) is 51.3 Å². The van der Waals surface area contributed by atoms with Gasteiger partial charge in [0, 0.05) is 32.6 Å². The van der Waals surface area contributed by atoms with Crippen LogP contribution in [0.2, 0.25) is 0 Å². The first kappa shape index (κ1) is 20.0. The Morgan fingerprint density at radius 3 is 2.52 bits per heavy atom. The van der Waals surface area contributed by atoms with Crippen molar-refractivity contribution in [3.05, 3.63) is 29.8 Å². The number of likely N-dealkylation sites (tertiary alicyclic amines) is 2. The molecule has 150 valence electrons. The molecule has 1 aromatic carbocycles. The summed E-state index contributed by atoms with van der Waals surface area (Å²) in [5.74, 6) is 3.43. The topological polar surface area (TPSA) is 40.1 Å². The highest BCUT2D eigenvalue weighted by Crippen LogP contribution is 2.28. The molecule has 0 radical (unpaired) electrons. The third kappa shape index (κ3) is 5.38. The fraction of sp³-hybridized carbons (Fsp3) is 0.682. The Morgan fingerprint density at radius 2 is 1.89 bits per heavy atom. The minimum Gasteiger partial charge on any atom is -0.497 e. The Labute approximate surface area is 164 Å². The van der Waals surface area contributed by atoms with Crippen LogP contribution in [0.1, 0.15) is 44.1 Å². The molecule has 3 rings (SSSR count). The van der Waals surface area contributed by atoms with Crippen molar-refractivity contribution >= 4 is 5.96 Å². The van der Waals surface area contributed by atoms with Gasteiger partial charge in [-0.25, -0.2) is 0 Å². The molecule has 0 aliphatic carbocycles. The van der Waals surface area contributed by atoms with Gasteiger partial charge < -0.3 is 19.9 Å². The van der Waals surface area contributed by atoms with Gasteiger partial charge in [0.1, 0.15) is 5.75 Å². The van der Waals surface area contributed by atoms with Gasteiger partial charge in [-0.1, -0.05) is 19.1 Å². The molecule has 1 atom stereocenters. The molecule has 0 amide bonds. The number of piperidine rings is 1. The van der Waals surface area contributed by atoms with Gasteiger partial charge in [0.15, 0.2) is 5.96 Å². The number of methoxy groups -OCH3 is 1. The Hall–Kier alpha value is -1.75. The molecule has 2 aliphatic heterocycles. The third-order valence-electron chi connectivity index (χ3n) is 6.28. The molecule has 1 N–H and O–H groups in total. The molecule has 5 heteroatoms. The molecule has 2 aliphatic rings.